The predicted molar refractivity (Wildman–Crippen MR) is 115 cm³/mol. The van der Waals surface area contributed by atoms with Crippen LogP contribution < -0.4 is 0 Å². The highest BCUT2D eigenvalue weighted by Crippen LogP contribution is 2.28. The number of aliphatic hydroxyl groups is 1. The summed E-state index contributed by atoms with van der Waals surface area (Å²) in [6.07, 6.45) is 7.89. The third-order valence-corrected chi connectivity index (χ3v) is 4.88. The Balaban J connectivity index is 3.56. The maximum Gasteiger partial charge on any atom is 0.303 e. The largest absolute Gasteiger partial charge is 0.454 e. The summed E-state index contributed by atoms with van der Waals surface area (Å²) in [6.45, 7) is 12.6. The van der Waals surface area contributed by atoms with Crippen molar-refractivity contribution in [2.45, 2.75) is 86.0 Å². The second-order valence-electron chi connectivity index (χ2n) is 8.17. The van der Waals surface area contributed by atoms with Gasteiger partial charge in [0.2, 0.25) is 0 Å². The third kappa shape index (κ3) is 8.82. The molecule has 0 aromatic heterocycles. The van der Waals surface area contributed by atoms with Crippen LogP contribution in [0.3, 0.4) is 0 Å². The summed E-state index contributed by atoms with van der Waals surface area (Å²) in [5.74, 6) is -0.785. The molecule has 0 radical (unpaired) electrons. The molecule has 0 spiro atoms. The van der Waals surface area contributed by atoms with Gasteiger partial charge in [0.25, 0.3) is 0 Å². The first-order valence-corrected chi connectivity index (χ1v) is 10.2. The fourth-order valence-electron chi connectivity index (χ4n) is 3.42. The van der Waals surface area contributed by atoms with Gasteiger partial charge in [0, 0.05) is 13.8 Å². The molecule has 0 fully saturated rings. The van der Waals surface area contributed by atoms with Crippen molar-refractivity contribution in [3.63, 3.8) is 0 Å². The molecular weight excluding hydrogens is 368 g/mol. The SMILES string of the molecule is CC(=O)O[C@@H]1/C(C)=C/CC/C(C)=C/[C@H](O)C/C(C)=C\C=C(/C(C)C)[C@H]1OC(C)=O. The van der Waals surface area contributed by atoms with Gasteiger partial charge in [-0.2, -0.15) is 0 Å². The molecule has 0 bridgehead atoms. The Kier molecular flexibility index (Phi) is 10.1. The van der Waals surface area contributed by atoms with Crippen LogP contribution in [0.25, 0.3) is 0 Å². The van der Waals surface area contributed by atoms with Crippen LogP contribution in [0, 0.1) is 5.92 Å². The van der Waals surface area contributed by atoms with E-state index in [1.807, 2.05) is 58.9 Å². The predicted octanol–water partition coefficient (Wildman–Crippen LogP) is 4.82. The summed E-state index contributed by atoms with van der Waals surface area (Å²) in [7, 11) is 0. The van der Waals surface area contributed by atoms with E-state index in [9.17, 15) is 14.7 Å². The minimum Gasteiger partial charge on any atom is -0.454 e. The highest BCUT2D eigenvalue weighted by molar-refractivity contribution is 5.68. The number of hydrogen-bond acceptors (Lipinski definition) is 5. The van der Waals surface area contributed by atoms with E-state index in [1.165, 1.54) is 13.8 Å². The van der Waals surface area contributed by atoms with E-state index in [0.29, 0.717) is 6.42 Å². The van der Waals surface area contributed by atoms with Crippen LogP contribution in [-0.2, 0) is 19.1 Å². The van der Waals surface area contributed by atoms with E-state index in [-0.39, 0.29) is 5.92 Å². The molecule has 3 atom stereocenters. The average Bonchev–Trinajstić information content (AvgIpc) is 2.56. The van der Waals surface area contributed by atoms with Crippen LogP contribution in [0.15, 0.2) is 46.6 Å². The van der Waals surface area contributed by atoms with Gasteiger partial charge in [0.05, 0.1) is 6.10 Å². The number of hydrogen-bond donors (Lipinski definition) is 1. The Morgan fingerprint density at radius 1 is 1.00 bits per heavy atom. The summed E-state index contributed by atoms with van der Waals surface area (Å²) in [5, 5.41) is 10.3. The van der Waals surface area contributed by atoms with Crippen molar-refractivity contribution in [3.05, 3.63) is 46.6 Å². The molecule has 0 saturated carbocycles. The van der Waals surface area contributed by atoms with Crippen molar-refractivity contribution in [3.8, 4) is 0 Å². The molecule has 1 aliphatic rings. The second-order valence-corrected chi connectivity index (χ2v) is 8.17. The van der Waals surface area contributed by atoms with Crippen LogP contribution in [0.4, 0.5) is 0 Å². The molecule has 5 nitrogen and oxygen atoms in total. The average molecular weight is 405 g/mol. The first kappa shape index (κ1) is 24.9. The van der Waals surface area contributed by atoms with Gasteiger partial charge in [-0.05, 0) is 57.1 Å². The number of rotatable bonds is 3. The molecule has 0 aromatic rings. The van der Waals surface area contributed by atoms with Crippen molar-refractivity contribution >= 4 is 11.9 Å². The lowest BCUT2D eigenvalue weighted by atomic mass is 9.89. The Labute approximate surface area is 175 Å². The molecule has 1 aliphatic carbocycles. The van der Waals surface area contributed by atoms with Gasteiger partial charge in [0.1, 0.15) is 0 Å². The van der Waals surface area contributed by atoms with Gasteiger partial charge in [0.15, 0.2) is 12.2 Å². The second kappa shape index (κ2) is 11.8. The fraction of sp³-hybridized carbons (Fsp3) is 0.583. The molecule has 0 aliphatic heterocycles. The van der Waals surface area contributed by atoms with E-state index in [0.717, 1.165) is 35.1 Å². The van der Waals surface area contributed by atoms with Gasteiger partial charge in [-0.3, -0.25) is 9.59 Å². The van der Waals surface area contributed by atoms with Gasteiger partial charge >= 0.3 is 11.9 Å². The summed E-state index contributed by atoms with van der Waals surface area (Å²) >= 11 is 0. The molecule has 0 aromatic carbocycles. The van der Waals surface area contributed by atoms with Crippen LogP contribution in [0.5, 0.6) is 0 Å². The minimum absolute atomic E-state index is 0.0641. The van der Waals surface area contributed by atoms with Crippen LogP contribution in [0.1, 0.15) is 67.7 Å². The fourth-order valence-corrected chi connectivity index (χ4v) is 3.42. The maximum atomic E-state index is 11.9. The van der Waals surface area contributed by atoms with Crippen LogP contribution in [-0.4, -0.2) is 35.4 Å². The monoisotopic (exact) mass is 404 g/mol. The van der Waals surface area contributed by atoms with Crippen molar-refractivity contribution in [1.82, 2.24) is 0 Å². The normalized spacial score (nSPS) is 31.7. The molecule has 5 heteroatoms. The quantitative estimate of drug-likeness (QED) is 0.539. The molecule has 0 unspecified atom stereocenters. The number of ether oxygens (including phenoxy) is 2. The lowest BCUT2D eigenvalue weighted by Gasteiger charge is -2.31. The molecule has 162 valence electrons. The number of carbonyl (C=O) groups is 2. The number of aliphatic hydroxyl groups excluding tert-OH is 1. The van der Waals surface area contributed by atoms with E-state index >= 15 is 0 Å². The highest BCUT2D eigenvalue weighted by Gasteiger charge is 2.33. The third-order valence-electron chi connectivity index (χ3n) is 4.88. The minimum atomic E-state index is -0.707. The standard InChI is InChI=1S/C24H36O5/c1-15(2)22-12-11-17(4)14-21(27)13-16(3)9-8-10-18(5)23(28-19(6)25)24(22)29-20(7)26/h10-13,15,21,23-24,27H,8-9,14H2,1-7H3/b16-13+,17-11-,18-10+,22-12+/t21-,23+,24+/m0/s1. The molecule has 0 heterocycles. The maximum absolute atomic E-state index is 11.9. The van der Waals surface area contributed by atoms with Crippen LogP contribution in [0.2, 0.25) is 0 Å². The van der Waals surface area contributed by atoms with E-state index in [1.54, 1.807) is 0 Å². The lowest BCUT2D eigenvalue weighted by molar-refractivity contribution is -0.160. The van der Waals surface area contributed by atoms with Crippen molar-refractivity contribution in [1.29, 1.82) is 0 Å². The first-order chi connectivity index (χ1) is 13.5. The Hall–Kier alpha value is -2.14. The molecule has 29 heavy (non-hydrogen) atoms. The zero-order chi connectivity index (χ0) is 22.1. The van der Waals surface area contributed by atoms with Gasteiger partial charge in [-0.15, -0.1) is 0 Å². The zero-order valence-corrected chi connectivity index (χ0v) is 18.8. The molecule has 0 amide bonds. The molecular formula is C24H36O5. The van der Waals surface area contributed by atoms with Crippen LogP contribution >= 0.6 is 0 Å². The molecule has 1 rings (SSSR count). The zero-order valence-electron chi connectivity index (χ0n) is 18.8. The van der Waals surface area contributed by atoms with Crippen molar-refractivity contribution in [2.75, 3.05) is 0 Å². The Bertz CT molecular complexity index is 709. The first-order valence-electron chi connectivity index (χ1n) is 10.2. The summed E-state index contributed by atoms with van der Waals surface area (Å²) < 4.78 is 11.3. The van der Waals surface area contributed by atoms with Gasteiger partial charge in [-0.25, -0.2) is 0 Å². The number of allylic oxidation sites excluding steroid dienone is 4. The number of esters is 2. The van der Waals surface area contributed by atoms with Gasteiger partial charge < -0.3 is 14.6 Å². The van der Waals surface area contributed by atoms with Crippen molar-refractivity contribution < 1.29 is 24.2 Å². The molecule has 0 saturated heterocycles. The van der Waals surface area contributed by atoms with Crippen molar-refractivity contribution in [2.24, 2.45) is 5.92 Å². The smallest absolute Gasteiger partial charge is 0.303 e. The van der Waals surface area contributed by atoms with E-state index in [2.05, 4.69) is 0 Å². The number of carbonyl (C=O) groups excluding carboxylic acids is 2. The van der Waals surface area contributed by atoms with Gasteiger partial charge in [-0.1, -0.05) is 49.3 Å². The van der Waals surface area contributed by atoms with E-state index in [4.69, 9.17) is 9.47 Å². The summed E-state index contributed by atoms with van der Waals surface area (Å²) in [6, 6.07) is 0. The lowest BCUT2D eigenvalue weighted by Crippen LogP contribution is -2.38. The summed E-state index contributed by atoms with van der Waals surface area (Å²) in [4.78, 5) is 23.7. The Morgan fingerprint density at radius 2 is 1.59 bits per heavy atom. The molecule has 1 N–H and O–H groups in total. The van der Waals surface area contributed by atoms with E-state index < -0.39 is 30.3 Å². The summed E-state index contributed by atoms with van der Waals surface area (Å²) in [5.41, 5.74) is 3.81. The highest BCUT2D eigenvalue weighted by atomic mass is 16.6. The Morgan fingerprint density at radius 3 is 2.14 bits per heavy atom. The topological polar surface area (TPSA) is 72.8 Å².